The molecule has 0 radical (unpaired) electrons. The molecular weight excluding hydrogens is 621 g/mol. The van der Waals surface area contributed by atoms with Crippen molar-refractivity contribution < 1.29 is 18.1 Å². The van der Waals surface area contributed by atoms with E-state index in [4.69, 9.17) is 16.3 Å². The lowest BCUT2D eigenvalue weighted by atomic mass is 9.65. The lowest BCUT2D eigenvalue weighted by Gasteiger charge is -2.44. The third kappa shape index (κ3) is 7.03. The standard InChI is InChI=1S/C37H43ClFN3O3S/c1-4-6-25-17-29(38)11-14-31(25)28-21-42-20-27-9-13-32(27)33(34-15-12-30(39)19-40-34)8-5-7-23(2)24(3)46(44)41-37(43)26-10-16-36(45-22-28)35(42)18-26/h5,8,10-12,14-19,23-24,27-28,32-33H,4,6-7,9,13,20-22H2,1-3H3,(H,41,43)/b8-5+. The number of aromatic nitrogens is 1. The van der Waals surface area contributed by atoms with E-state index in [0.29, 0.717) is 30.4 Å². The lowest BCUT2D eigenvalue weighted by molar-refractivity contribution is 0.0982. The van der Waals surface area contributed by atoms with Gasteiger partial charge in [-0.05, 0) is 104 Å². The molecule has 2 aromatic carbocycles. The number of allylic oxidation sites excluding steroid dienone is 2. The maximum absolute atomic E-state index is 13.9. The number of hydrogen-bond donors (Lipinski definition) is 1. The highest BCUT2D eigenvalue weighted by atomic mass is 35.5. The Morgan fingerprint density at radius 2 is 1.96 bits per heavy atom. The van der Waals surface area contributed by atoms with Crippen molar-refractivity contribution in [2.24, 2.45) is 17.8 Å². The molecule has 2 aliphatic heterocycles. The Balaban J connectivity index is 1.40. The van der Waals surface area contributed by atoms with Gasteiger partial charge in [-0.1, -0.05) is 50.1 Å². The molecule has 0 saturated heterocycles. The summed E-state index contributed by atoms with van der Waals surface area (Å²) in [7, 11) is -1.56. The van der Waals surface area contributed by atoms with Gasteiger partial charge in [-0.2, -0.15) is 0 Å². The molecule has 6 nitrogen and oxygen atoms in total. The van der Waals surface area contributed by atoms with Crippen molar-refractivity contribution in [3.8, 4) is 5.75 Å². The molecule has 1 aliphatic carbocycles. The van der Waals surface area contributed by atoms with E-state index in [1.54, 1.807) is 6.07 Å². The summed E-state index contributed by atoms with van der Waals surface area (Å²) in [6, 6.07) is 15.0. The third-order valence-electron chi connectivity index (χ3n) is 10.2. The van der Waals surface area contributed by atoms with E-state index in [1.165, 1.54) is 23.4 Å². The van der Waals surface area contributed by atoms with Crippen LogP contribution in [0.2, 0.25) is 5.02 Å². The van der Waals surface area contributed by atoms with Crippen LogP contribution in [0.1, 0.15) is 85.5 Å². The lowest BCUT2D eigenvalue weighted by Crippen LogP contribution is -2.42. The fourth-order valence-electron chi connectivity index (χ4n) is 7.16. The van der Waals surface area contributed by atoms with Gasteiger partial charge >= 0.3 is 0 Å². The van der Waals surface area contributed by atoms with Crippen molar-refractivity contribution >= 4 is 34.2 Å². The summed E-state index contributed by atoms with van der Waals surface area (Å²) in [6.45, 7) is 8.15. The van der Waals surface area contributed by atoms with Crippen LogP contribution in [0.4, 0.5) is 10.1 Å². The first-order valence-electron chi connectivity index (χ1n) is 16.5. The Labute approximate surface area is 279 Å². The molecule has 46 heavy (non-hydrogen) atoms. The van der Waals surface area contributed by atoms with Gasteiger partial charge < -0.3 is 9.64 Å². The highest BCUT2D eigenvalue weighted by molar-refractivity contribution is 7.84. The van der Waals surface area contributed by atoms with Crippen molar-refractivity contribution in [2.75, 3.05) is 24.6 Å². The Morgan fingerprint density at radius 3 is 2.70 bits per heavy atom. The summed E-state index contributed by atoms with van der Waals surface area (Å²) in [5.74, 6) is 0.940. The highest BCUT2D eigenvalue weighted by Gasteiger charge is 2.40. The van der Waals surface area contributed by atoms with Crippen molar-refractivity contribution in [3.05, 3.63) is 100 Å². The number of anilines is 1. The van der Waals surface area contributed by atoms with Crippen LogP contribution in [-0.4, -0.2) is 40.0 Å². The molecule has 1 N–H and O–H groups in total. The molecule has 9 heteroatoms. The molecule has 6 rings (SSSR count). The van der Waals surface area contributed by atoms with Crippen LogP contribution in [-0.2, 0) is 17.4 Å². The highest BCUT2D eigenvalue weighted by Crippen LogP contribution is 2.47. The molecule has 0 spiro atoms. The smallest absolute Gasteiger partial charge is 0.263 e. The maximum Gasteiger partial charge on any atom is 0.263 e. The maximum atomic E-state index is 13.9. The van der Waals surface area contributed by atoms with Crippen LogP contribution in [0.5, 0.6) is 5.75 Å². The zero-order valence-corrected chi connectivity index (χ0v) is 28.3. The monoisotopic (exact) mass is 663 g/mol. The van der Waals surface area contributed by atoms with Gasteiger partial charge in [0.05, 0.1) is 23.7 Å². The van der Waals surface area contributed by atoms with Crippen molar-refractivity contribution in [1.29, 1.82) is 0 Å². The molecule has 244 valence electrons. The summed E-state index contributed by atoms with van der Waals surface area (Å²) in [4.78, 5) is 20.3. The number of carbonyl (C=O) groups excluding carboxylic acids is 1. The minimum Gasteiger partial charge on any atom is -0.491 e. The van der Waals surface area contributed by atoms with E-state index in [0.717, 1.165) is 60.9 Å². The van der Waals surface area contributed by atoms with E-state index in [9.17, 15) is 13.4 Å². The number of benzene rings is 2. The van der Waals surface area contributed by atoms with Crippen molar-refractivity contribution in [3.63, 3.8) is 0 Å². The minimum atomic E-state index is -1.56. The van der Waals surface area contributed by atoms with Crippen LogP contribution in [0.15, 0.2) is 66.9 Å². The number of carbonyl (C=O) groups is 1. The summed E-state index contributed by atoms with van der Waals surface area (Å²) >= 11 is 6.43. The number of ether oxygens (including phenoxy) is 1. The van der Waals surface area contributed by atoms with Gasteiger partial charge in [-0.15, -0.1) is 0 Å². The summed E-state index contributed by atoms with van der Waals surface area (Å²) in [6.07, 6.45) is 10.5. The number of amides is 1. The molecule has 7 unspecified atom stereocenters. The fourth-order valence-corrected chi connectivity index (χ4v) is 8.38. The van der Waals surface area contributed by atoms with E-state index in [-0.39, 0.29) is 34.7 Å². The Morgan fingerprint density at radius 1 is 1.11 bits per heavy atom. The Kier molecular flexibility index (Phi) is 10.1. The number of halogens is 2. The Bertz CT molecular complexity index is 1620. The minimum absolute atomic E-state index is 0.0391. The largest absolute Gasteiger partial charge is 0.491 e. The molecule has 2 bridgehead atoms. The molecule has 1 amide bonds. The molecule has 3 aromatic rings. The molecule has 1 aromatic heterocycles. The van der Waals surface area contributed by atoms with E-state index >= 15 is 0 Å². The second-order valence-electron chi connectivity index (χ2n) is 13.2. The number of fused-ring (bicyclic) bond motifs is 2. The van der Waals surface area contributed by atoms with Crippen molar-refractivity contribution in [2.45, 2.75) is 70.0 Å². The number of hydrogen-bond acceptors (Lipinski definition) is 5. The zero-order valence-electron chi connectivity index (χ0n) is 26.8. The van der Waals surface area contributed by atoms with Crippen LogP contribution in [0.25, 0.3) is 0 Å². The SMILES string of the molecule is CCCc1cc(Cl)ccc1C1COc2ccc3cc2N(C1)CC1CCC1C(c1ccc(F)cn1)/C=C/CC(C)C(C)S(=O)NC3=O. The normalized spacial score (nSPS) is 29.0. The number of pyridine rings is 1. The summed E-state index contributed by atoms with van der Waals surface area (Å²) in [5, 5.41) is 0.482. The second kappa shape index (κ2) is 14.3. The predicted molar refractivity (Wildman–Crippen MR) is 183 cm³/mol. The first kappa shape index (κ1) is 32.7. The number of nitrogens with one attached hydrogen (secondary N) is 1. The number of aryl methyl sites for hydroxylation is 1. The summed E-state index contributed by atoms with van der Waals surface area (Å²) in [5.41, 5.74) is 4.68. The summed E-state index contributed by atoms with van der Waals surface area (Å²) < 4.78 is 36.4. The quantitative estimate of drug-likeness (QED) is 0.287. The van der Waals surface area contributed by atoms with Crippen LogP contribution in [0.3, 0.4) is 0 Å². The topological polar surface area (TPSA) is 71.5 Å². The molecule has 7 atom stereocenters. The van der Waals surface area contributed by atoms with Crippen molar-refractivity contribution in [1.82, 2.24) is 9.71 Å². The van der Waals surface area contributed by atoms with Crippen LogP contribution in [0, 0.1) is 23.6 Å². The predicted octanol–water partition coefficient (Wildman–Crippen LogP) is 8.00. The van der Waals surface area contributed by atoms with E-state index in [2.05, 4.69) is 52.7 Å². The first-order chi connectivity index (χ1) is 22.2. The van der Waals surface area contributed by atoms with Gasteiger partial charge in [-0.3, -0.25) is 14.5 Å². The molecule has 1 fully saturated rings. The molecule has 3 aliphatic rings. The first-order valence-corrected chi connectivity index (χ1v) is 18.1. The van der Waals surface area contributed by atoms with Gasteiger partial charge in [0, 0.05) is 41.2 Å². The third-order valence-corrected chi connectivity index (χ3v) is 11.9. The molecule has 1 saturated carbocycles. The average Bonchev–Trinajstić information content (AvgIpc) is 3.21. The van der Waals surface area contributed by atoms with Crippen LogP contribution < -0.4 is 14.4 Å². The van der Waals surface area contributed by atoms with Gasteiger partial charge in [0.15, 0.2) is 0 Å². The van der Waals surface area contributed by atoms with Gasteiger partial charge in [0.2, 0.25) is 0 Å². The van der Waals surface area contributed by atoms with Gasteiger partial charge in [0.25, 0.3) is 5.91 Å². The molecule has 3 heterocycles. The zero-order chi connectivity index (χ0) is 32.4. The number of rotatable bonds is 4. The van der Waals surface area contributed by atoms with E-state index in [1.807, 2.05) is 31.2 Å². The second-order valence-corrected chi connectivity index (χ2v) is 15.2. The fraction of sp³-hybridized carbons (Fsp3) is 0.459. The number of nitrogens with zero attached hydrogens (tertiary/aromatic N) is 2. The van der Waals surface area contributed by atoms with Crippen LogP contribution >= 0.6 is 11.6 Å². The average molecular weight is 664 g/mol. The molecular formula is C37H43ClFN3O3S. The van der Waals surface area contributed by atoms with E-state index < -0.39 is 11.0 Å². The Hall–Kier alpha value is -3.23. The van der Waals surface area contributed by atoms with Gasteiger partial charge in [0.1, 0.15) is 22.6 Å². The van der Waals surface area contributed by atoms with Gasteiger partial charge in [-0.25, -0.2) is 8.60 Å².